The molecule has 0 fully saturated rings. The molecule has 0 unspecified atom stereocenters. The monoisotopic (exact) mass is 574 g/mol. The molecule has 4 rings (SSSR count). The fourth-order valence-corrected chi connectivity index (χ4v) is 6.80. The van der Waals surface area contributed by atoms with Gasteiger partial charge in [-0.25, -0.2) is 4.79 Å². The molecular weight excluding hydrogens is 529 g/mol. The van der Waals surface area contributed by atoms with E-state index in [-0.39, 0.29) is 16.0 Å². The van der Waals surface area contributed by atoms with Gasteiger partial charge >= 0.3 is 5.97 Å². The molecule has 0 bridgehead atoms. The maximum absolute atomic E-state index is 13.3. The molecule has 0 saturated carbocycles. The van der Waals surface area contributed by atoms with Crippen LogP contribution in [-0.4, -0.2) is 22.6 Å². The molecule has 0 aliphatic carbocycles. The van der Waals surface area contributed by atoms with E-state index in [1.54, 1.807) is 0 Å². The van der Waals surface area contributed by atoms with Crippen molar-refractivity contribution in [3.8, 4) is 11.5 Å². The number of cyclic esters (lactones) is 1. The molecule has 0 amide bonds. The van der Waals surface area contributed by atoms with Crippen LogP contribution in [0.15, 0.2) is 60.7 Å². The summed E-state index contributed by atoms with van der Waals surface area (Å²) in [6, 6.07) is 20.2. The van der Waals surface area contributed by atoms with Crippen molar-refractivity contribution in [1.82, 2.24) is 0 Å². The summed E-state index contributed by atoms with van der Waals surface area (Å²) in [4.78, 5) is 13.3. The van der Waals surface area contributed by atoms with E-state index in [0.717, 1.165) is 39.3 Å². The molecule has 0 saturated heterocycles. The van der Waals surface area contributed by atoms with Gasteiger partial charge in [0, 0.05) is 16.7 Å². The largest absolute Gasteiger partial charge is 0.543 e. The van der Waals surface area contributed by atoms with Gasteiger partial charge in [-0.1, -0.05) is 71.9 Å². The molecule has 40 heavy (non-hydrogen) atoms. The molecule has 0 radical (unpaired) electrons. The van der Waals surface area contributed by atoms with Gasteiger partial charge in [0.2, 0.25) is 16.6 Å². The van der Waals surface area contributed by atoms with Crippen LogP contribution in [0.5, 0.6) is 11.5 Å². The zero-order chi connectivity index (χ0) is 29.9. The van der Waals surface area contributed by atoms with E-state index in [1.807, 2.05) is 36.4 Å². The minimum atomic E-state index is -2.02. The molecule has 1 aliphatic rings. The van der Waals surface area contributed by atoms with E-state index in [0.29, 0.717) is 5.56 Å². The zero-order valence-electron chi connectivity index (χ0n) is 26.4. The summed E-state index contributed by atoms with van der Waals surface area (Å²) in [7, 11) is -4.04. The van der Waals surface area contributed by atoms with Gasteiger partial charge in [-0.2, -0.15) is 0 Å². The van der Waals surface area contributed by atoms with Gasteiger partial charge in [0.15, 0.2) is 5.60 Å². The van der Waals surface area contributed by atoms with Crippen LogP contribution < -0.4 is 8.85 Å². The number of esters is 1. The van der Waals surface area contributed by atoms with Crippen LogP contribution >= 0.6 is 0 Å². The summed E-state index contributed by atoms with van der Waals surface area (Å²) in [6.07, 6.45) is 0. The number of hydrogen-bond acceptors (Lipinski definition) is 4. The van der Waals surface area contributed by atoms with Crippen molar-refractivity contribution < 1.29 is 18.4 Å². The molecular formula is C34H46O4Si2. The highest BCUT2D eigenvalue weighted by Crippen LogP contribution is 2.49. The summed E-state index contributed by atoms with van der Waals surface area (Å²) in [5, 5.41) is 0.177. The summed E-state index contributed by atoms with van der Waals surface area (Å²) in [5.41, 5.74) is 4.25. The Labute approximate surface area is 243 Å². The average Bonchev–Trinajstić information content (AvgIpc) is 3.13. The molecule has 0 atom stereocenters. The first-order valence-corrected chi connectivity index (χ1v) is 20.0. The van der Waals surface area contributed by atoms with Gasteiger partial charge in [0.25, 0.3) is 0 Å². The standard InChI is InChI=1S/C34H46O4Si2/c1-23-21-25(17-19-29(23)37-39(9,10)32(3,4)5)34(28-16-14-13-15-27(28)31(35)36-34)26-18-20-30(24(2)22-26)38-40(11,12)33(6,7)8/h13-22H,1-12H3. The number of fused-ring (bicyclic) bond motifs is 1. The van der Waals surface area contributed by atoms with Gasteiger partial charge in [-0.15, -0.1) is 0 Å². The second-order valence-electron chi connectivity index (χ2n) is 14.3. The van der Waals surface area contributed by atoms with Crippen LogP contribution in [0.25, 0.3) is 0 Å². The average molecular weight is 575 g/mol. The van der Waals surface area contributed by atoms with Crippen LogP contribution in [0.4, 0.5) is 0 Å². The van der Waals surface area contributed by atoms with Crippen molar-refractivity contribution in [3.05, 3.63) is 94.0 Å². The lowest BCUT2D eigenvalue weighted by atomic mass is 9.79. The molecule has 214 valence electrons. The summed E-state index contributed by atoms with van der Waals surface area (Å²) >= 11 is 0. The topological polar surface area (TPSA) is 44.8 Å². The summed E-state index contributed by atoms with van der Waals surface area (Å²) in [5.74, 6) is 1.46. The number of hydrogen-bond donors (Lipinski definition) is 0. The first kappa shape index (κ1) is 30.1. The molecule has 1 aliphatic heterocycles. The van der Waals surface area contributed by atoms with Crippen molar-refractivity contribution in [2.75, 3.05) is 0 Å². The van der Waals surface area contributed by atoms with Crippen molar-refractivity contribution in [2.45, 2.75) is 97.3 Å². The van der Waals surface area contributed by atoms with E-state index in [2.05, 4.69) is 106 Å². The number of carbonyl (C=O) groups excluding carboxylic acids is 1. The van der Waals surface area contributed by atoms with Gasteiger partial charge in [0.1, 0.15) is 11.5 Å². The van der Waals surface area contributed by atoms with E-state index in [1.165, 1.54) is 0 Å². The van der Waals surface area contributed by atoms with Gasteiger partial charge < -0.3 is 13.6 Å². The Balaban J connectivity index is 1.85. The lowest BCUT2D eigenvalue weighted by Gasteiger charge is -2.38. The molecule has 0 N–H and O–H groups in total. The second kappa shape index (κ2) is 9.91. The Morgan fingerprint density at radius 1 is 0.675 bits per heavy atom. The van der Waals surface area contributed by atoms with Crippen LogP contribution in [0.2, 0.25) is 36.3 Å². The van der Waals surface area contributed by atoms with E-state index in [4.69, 9.17) is 13.6 Å². The fourth-order valence-electron chi connectivity index (χ4n) is 4.63. The second-order valence-corrected chi connectivity index (χ2v) is 23.8. The molecule has 0 spiro atoms. The lowest BCUT2D eigenvalue weighted by Crippen LogP contribution is -2.44. The number of rotatable bonds is 6. The first-order valence-electron chi connectivity index (χ1n) is 14.2. The molecule has 0 aromatic heterocycles. The predicted octanol–water partition coefficient (Wildman–Crippen LogP) is 9.53. The third-order valence-electron chi connectivity index (χ3n) is 9.28. The zero-order valence-corrected chi connectivity index (χ0v) is 28.4. The minimum Gasteiger partial charge on any atom is -0.543 e. The molecule has 3 aromatic rings. The Bertz CT molecular complexity index is 1360. The predicted molar refractivity (Wildman–Crippen MR) is 170 cm³/mol. The maximum Gasteiger partial charge on any atom is 0.340 e. The van der Waals surface area contributed by atoms with E-state index < -0.39 is 22.2 Å². The van der Waals surface area contributed by atoms with Gasteiger partial charge in [-0.05, 0) is 91.6 Å². The van der Waals surface area contributed by atoms with Crippen molar-refractivity contribution in [2.24, 2.45) is 0 Å². The Hall–Kier alpha value is -2.84. The van der Waals surface area contributed by atoms with Crippen molar-refractivity contribution in [3.63, 3.8) is 0 Å². The smallest absolute Gasteiger partial charge is 0.340 e. The van der Waals surface area contributed by atoms with Crippen LogP contribution in [-0.2, 0) is 10.3 Å². The molecule has 6 heteroatoms. The number of aryl methyl sites for hydroxylation is 2. The highest BCUT2D eigenvalue weighted by molar-refractivity contribution is 6.75. The number of carbonyl (C=O) groups is 1. The minimum absolute atomic E-state index is 0.0883. The SMILES string of the molecule is Cc1cc(C2(c3ccc(O[Si](C)(C)C(C)(C)C)c(C)c3)OC(=O)c3ccccc32)ccc1O[Si](C)(C)C(C)(C)C. The van der Waals surface area contributed by atoms with E-state index in [9.17, 15) is 4.79 Å². The molecule has 1 heterocycles. The van der Waals surface area contributed by atoms with Gasteiger partial charge in [0.05, 0.1) is 5.56 Å². The van der Waals surface area contributed by atoms with Crippen molar-refractivity contribution in [1.29, 1.82) is 0 Å². The molecule has 3 aromatic carbocycles. The van der Waals surface area contributed by atoms with Crippen LogP contribution in [0, 0.1) is 13.8 Å². The quantitative estimate of drug-likeness (QED) is 0.217. The molecule has 4 nitrogen and oxygen atoms in total. The normalized spacial score (nSPS) is 15.4. The summed E-state index contributed by atoms with van der Waals surface area (Å²) < 4.78 is 19.7. The lowest BCUT2D eigenvalue weighted by molar-refractivity contribution is 0.0251. The maximum atomic E-state index is 13.3. The first-order chi connectivity index (χ1) is 18.3. The van der Waals surface area contributed by atoms with Gasteiger partial charge in [-0.3, -0.25) is 0 Å². The Kier molecular flexibility index (Phi) is 7.47. The summed E-state index contributed by atoms with van der Waals surface area (Å²) in [6.45, 7) is 26.6. The Morgan fingerprint density at radius 3 is 1.50 bits per heavy atom. The fraction of sp³-hybridized carbons (Fsp3) is 0.441. The third-order valence-corrected chi connectivity index (χ3v) is 18.0. The number of ether oxygens (including phenoxy) is 1. The van der Waals surface area contributed by atoms with Crippen LogP contribution in [0.3, 0.4) is 0 Å². The third kappa shape index (κ3) is 5.16. The highest BCUT2D eigenvalue weighted by Gasteiger charge is 2.49. The van der Waals surface area contributed by atoms with Crippen LogP contribution in [0.1, 0.15) is 79.7 Å². The van der Waals surface area contributed by atoms with Crippen molar-refractivity contribution >= 4 is 22.6 Å². The number of benzene rings is 3. The van der Waals surface area contributed by atoms with E-state index >= 15 is 0 Å². The highest BCUT2D eigenvalue weighted by atomic mass is 28.4. The Morgan fingerprint density at radius 2 is 1.10 bits per heavy atom.